The number of anilines is 1. The van der Waals surface area contributed by atoms with Gasteiger partial charge in [0.25, 0.3) is 0 Å². The van der Waals surface area contributed by atoms with Gasteiger partial charge in [-0.05, 0) is 74.9 Å². The Morgan fingerprint density at radius 3 is 2.55 bits per heavy atom. The predicted molar refractivity (Wildman–Crippen MR) is 155 cm³/mol. The van der Waals surface area contributed by atoms with Crippen molar-refractivity contribution in [3.05, 3.63) is 54.0 Å². The monoisotopic (exact) mass is 538 g/mol. The Bertz CT molecular complexity index is 1600. The van der Waals surface area contributed by atoms with Crippen LogP contribution in [0.2, 0.25) is 0 Å². The van der Waals surface area contributed by atoms with Gasteiger partial charge >= 0.3 is 6.01 Å². The number of benzene rings is 2. The van der Waals surface area contributed by atoms with E-state index in [0.717, 1.165) is 79.6 Å². The number of fused-ring (bicyclic) bond motifs is 5. The Morgan fingerprint density at radius 1 is 1.02 bits per heavy atom. The van der Waals surface area contributed by atoms with Gasteiger partial charge in [-0.25, -0.2) is 4.39 Å². The third-order valence-electron chi connectivity index (χ3n) is 9.81. The zero-order valence-electron chi connectivity index (χ0n) is 23.0. The van der Waals surface area contributed by atoms with Crippen molar-refractivity contribution >= 4 is 27.5 Å². The Balaban J connectivity index is 1.25. The van der Waals surface area contributed by atoms with Crippen LogP contribution in [0.5, 0.6) is 6.01 Å². The summed E-state index contributed by atoms with van der Waals surface area (Å²) in [4.78, 5) is 19.2. The van der Waals surface area contributed by atoms with Crippen LogP contribution >= 0.6 is 0 Å². The second kappa shape index (κ2) is 9.35. The Hall–Kier alpha value is -3.36. The zero-order valence-corrected chi connectivity index (χ0v) is 23.0. The molecule has 0 aliphatic carbocycles. The molecule has 2 bridgehead atoms. The van der Waals surface area contributed by atoms with Crippen LogP contribution in [0.3, 0.4) is 0 Å². The molecule has 6 heterocycles. The maximum Gasteiger partial charge on any atom is 0.319 e. The number of ether oxygens (including phenoxy) is 1. The summed E-state index contributed by atoms with van der Waals surface area (Å²) in [7, 11) is 0. The fourth-order valence-electron chi connectivity index (χ4n) is 7.87. The zero-order chi connectivity index (χ0) is 26.8. The van der Waals surface area contributed by atoms with Crippen molar-refractivity contribution in [3.63, 3.8) is 0 Å². The average molecular weight is 539 g/mol. The molecule has 2 unspecified atom stereocenters. The van der Waals surface area contributed by atoms with Crippen LogP contribution in [0.1, 0.15) is 44.1 Å². The number of aryl methyl sites for hydroxylation is 1. The average Bonchev–Trinajstić information content (AvgIpc) is 3.65. The largest absolute Gasteiger partial charge is 0.461 e. The first kappa shape index (κ1) is 24.4. The molecule has 7 nitrogen and oxygen atoms in total. The Kier molecular flexibility index (Phi) is 5.71. The summed E-state index contributed by atoms with van der Waals surface area (Å²) in [6.45, 7) is 6.55. The molecule has 8 heteroatoms. The summed E-state index contributed by atoms with van der Waals surface area (Å²) in [5, 5.41) is 6.42. The third kappa shape index (κ3) is 3.87. The molecule has 4 aromatic rings. The first-order valence-corrected chi connectivity index (χ1v) is 14.8. The number of halogens is 1. The summed E-state index contributed by atoms with van der Waals surface area (Å²) < 4.78 is 23.0. The molecule has 2 aromatic carbocycles. The van der Waals surface area contributed by atoms with Gasteiger partial charge in [0, 0.05) is 36.9 Å². The molecular formula is C32H35FN6O. The number of pyridine rings is 1. The first-order chi connectivity index (χ1) is 19.6. The number of rotatable bonds is 5. The molecule has 0 radical (unpaired) electrons. The van der Waals surface area contributed by atoms with Crippen LogP contribution in [0, 0.1) is 12.7 Å². The lowest BCUT2D eigenvalue weighted by molar-refractivity contribution is 0.108. The summed E-state index contributed by atoms with van der Waals surface area (Å²) in [6, 6.07) is 13.2. The second-order valence-corrected chi connectivity index (χ2v) is 12.2. The van der Waals surface area contributed by atoms with E-state index in [1.165, 1.54) is 12.8 Å². The summed E-state index contributed by atoms with van der Waals surface area (Å²) >= 11 is 0. The molecule has 1 N–H and O–H groups in total. The first-order valence-electron chi connectivity index (χ1n) is 14.8. The van der Waals surface area contributed by atoms with Crippen molar-refractivity contribution in [2.24, 2.45) is 0 Å². The minimum Gasteiger partial charge on any atom is -0.461 e. The van der Waals surface area contributed by atoms with Gasteiger partial charge in [0.05, 0.1) is 10.9 Å². The molecule has 0 saturated carbocycles. The fourth-order valence-corrected chi connectivity index (χ4v) is 7.87. The minimum absolute atomic E-state index is 0.0645. The van der Waals surface area contributed by atoms with E-state index in [1.54, 1.807) is 6.20 Å². The SMILES string of the molecule is Cc1cccc2cccc(-c3ncc4c(N5CC6CCC(C5)N6)nc(OCC56CCCN5CCC6)nc4c3F)c12. The Labute approximate surface area is 233 Å². The number of hydrogen-bond acceptors (Lipinski definition) is 7. The van der Waals surface area contributed by atoms with E-state index < -0.39 is 5.82 Å². The van der Waals surface area contributed by atoms with Gasteiger partial charge in [-0.1, -0.05) is 36.4 Å². The van der Waals surface area contributed by atoms with Crippen molar-refractivity contribution in [1.82, 2.24) is 25.2 Å². The Morgan fingerprint density at radius 2 is 1.77 bits per heavy atom. The third-order valence-corrected chi connectivity index (χ3v) is 9.81. The number of hydrogen-bond donors (Lipinski definition) is 1. The molecule has 0 spiro atoms. The fraction of sp³-hybridized carbons (Fsp3) is 0.469. The van der Waals surface area contributed by atoms with E-state index in [-0.39, 0.29) is 17.1 Å². The summed E-state index contributed by atoms with van der Waals surface area (Å²) in [5.41, 5.74) is 2.54. The van der Waals surface area contributed by atoms with Gasteiger partial charge in [0.2, 0.25) is 0 Å². The van der Waals surface area contributed by atoms with Gasteiger partial charge in [-0.15, -0.1) is 0 Å². The van der Waals surface area contributed by atoms with E-state index in [2.05, 4.69) is 40.2 Å². The van der Waals surface area contributed by atoms with Gasteiger partial charge in [-0.3, -0.25) is 9.88 Å². The van der Waals surface area contributed by atoms with Crippen molar-refractivity contribution in [3.8, 4) is 17.3 Å². The highest BCUT2D eigenvalue weighted by Gasteiger charge is 2.45. The lowest BCUT2D eigenvalue weighted by atomic mass is 9.95. The highest BCUT2D eigenvalue weighted by Crippen LogP contribution is 2.40. The van der Waals surface area contributed by atoms with Crippen LogP contribution in [0.15, 0.2) is 42.6 Å². The van der Waals surface area contributed by atoms with E-state index in [4.69, 9.17) is 19.7 Å². The molecule has 4 fully saturated rings. The van der Waals surface area contributed by atoms with Gasteiger partial charge in [0.15, 0.2) is 5.82 Å². The van der Waals surface area contributed by atoms with E-state index >= 15 is 4.39 Å². The molecule has 8 rings (SSSR count). The topological polar surface area (TPSA) is 66.4 Å². The highest BCUT2D eigenvalue weighted by atomic mass is 19.1. The smallest absolute Gasteiger partial charge is 0.319 e. The lowest BCUT2D eigenvalue weighted by Gasteiger charge is -2.34. The van der Waals surface area contributed by atoms with Crippen molar-refractivity contribution in [1.29, 1.82) is 0 Å². The van der Waals surface area contributed by atoms with E-state index in [9.17, 15) is 0 Å². The standard InChI is InChI=1S/C32H35FN6O/c1-20-6-2-7-21-8-3-9-24(26(20)21)28-27(33)29-25(16-34-28)30(38-17-22-10-11-23(18-38)35-22)37-31(36-29)40-19-32-12-4-14-39(32)15-5-13-32/h2-3,6-9,16,22-23,35H,4-5,10-15,17-19H2,1H3. The normalized spacial score (nSPS) is 23.8. The molecular weight excluding hydrogens is 503 g/mol. The van der Waals surface area contributed by atoms with Crippen LogP contribution in [-0.4, -0.2) is 70.3 Å². The van der Waals surface area contributed by atoms with E-state index in [1.807, 2.05) is 18.2 Å². The maximum absolute atomic E-state index is 16.6. The van der Waals surface area contributed by atoms with Crippen LogP contribution in [-0.2, 0) is 0 Å². The number of nitrogens with one attached hydrogen (secondary N) is 1. The van der Waals surface area contributed by atoms with Crippen molar-refractivity contribution in [2.45, 2.75) is 63.1 Å². The van der Waals surface area contributed by atoms with E-state index in [0.29, 0.717) is 29.8 Å². The molecule has 4 aliphatic rings. The number of nitrogens with zero attached hydrogens (tertiary/aromatic N) is 5. The van der Waals surface area contributed by atoms with Crippen molar-refractivity contribution < 1.29 is 9.13 Å². The van der Waals surface area contributed by atoms with Crippen LogP contribution in [0.4, 0.5) is 10.2 Å². The van der Waals surface area contributed by atoms with Crippen LogP contribution < -0.4 is 15.0 Å². The number of piperazine rings is 1. The maximum atomic E-state index is 16.6. The highest BCUT2D eigenvalue weighted by molar-refractivity contribution is 6.00. The quantitative estimate of drug-likeness (QED) is 0.373. The molecule has 206 valence electrons. The van der Waals surface area contributed by atoms with Gasteiger partial charge in [0.1, 0.15) is 23.6 Å². The van der Waals surface area contributed by atoms with Gasteiger partial charge < -0.3 is 15.0 Å². The molecule has 2 atom stereocenters. The molecule has 2 aromatic heterocycles. The minimum atomic E-state index is -0.415. The second-order valence-electron chi connectivity index (χ2n) is 12.2. The summed E-state index contributed by atoms with van der Waals surface area (Å²) in [6.07, 6.45) is 8.75. The van der Waals surface area contributed by atoms with Crippen molar-refractivity contribution in [2.75, 3.05) is 37.7 Å². The predicted octanol–water partition coefficient (Wildman–Crippen LogP) is 5.24. The lowest BCUT2D eigenvalue weighted by Crippen LogP contribution is -2.51. The molecule has 0 amide bonds. The number of aromatic nitrogens is 3. The molecule has 4 aliphatic heterocycles. The summed E-state index contributed by atoms with van der Waals surface area (Å²) in [5.74, 6) is 0.319. The molecule has 4 saturated heterocycles. The van der Waals surface area contributed by atoms with Gasteiger partial charge in [-0.2, -0.15) is 9.97 Å². The van der Waals surface area contributed by atoms with Crippen LogP contribution in [0.25, 0.3) is 32.9 Å². The molecule has 40 heavy (non-hydrogen) atoms.